The van der Waals surface area contributed by atoms with Crippen LogP contribution in [-0.2, 0) is 10.8 Å². The molecule has 0 saturated carbocycles. The Kier molecular flexibility index (Phi) is 9.19. The van der Waals surface area contributed by atoms with Gasteiger partial charge in [-0.3, -0.25) is 0 Å². The van der Waals surface area contributed by atoms with E-state index in [0.717, 1.165) is 11.5 Å². The van der Waals surface area contributed by atoms with Crippen LogP contribution in [0.25, 0.3) is 0 Å². The highest BCUT2D eigenvalue weighted by Crippen LogP contribution is 2.63. The van der Waals surface area contributed by atoms with Gasteiger partial charge in [0.2, 0.25) is 0 Å². The molecule has 0 spiro atoms. The zero-order chi connectivity index (χ0) is 27.3. The molecule has 1 aromatic rings. The van der Waals surface area contributed by atoms with Crippen molar-refractivity contribution in [3.8, 4) is 11.5 Å². The SMILES string of the molecule is CC(C)(C)c1cc(C(C)(C)C)c(OP(C(C)(C)C)C(C)(C)C)cc1OP(C(C)(C)C)C(C)(C)C. The van der Waals surface area contributed by atoms with E-state index >= 15 is 0 Å². The van der Waals surface area contributed by atoms with Crippen LogP contribution in [0.2, 0.25) is 0 Å². The maximum atomic E-state index is 7.05. The van der Waals surface area contributed by atoms with Crippen molar-refractivity contribution in [1.82, 2.24) is 0 Å². The normalized spacial score (nSPS) is 14.7. The average molecular weight is 511 g/mol. The number of hydrogen-bond acceptors (Lipinski definition) is 2. The minimum atomic E-state index is -0.748. The second-order valence-electron chi connectivity index (χ2n) is 15.8. The van der Waals surface area contributed by atoms with Crippen LogP contribution in [0.3, 0.4) is 0 Å². The third kappa shape index (κ3) is 8.37. The molecule has 0 amide bonds. The average Bonchev–Trinajstić information content (AvgIpc) is 2.51. The van der Waals surface area contributed by atoms with Crippen molar-refractivity contribution in [1.29, 1.82) is 0 Å². The minimum Gasteiger partial charge on any atom is -0.473 e. The molecule has 0 saturated heterocycles. The zero-order valence-electron chi connectivity index (χ0n) is 25.9. The van der Waals surface area contributed by atoms with E-state index in [1.807, 2.05) is 0 Å². The van der Waals surface area contributed by atoms with Crippen molar-refractivity contribution in [2.45, 2.75) is 156 Å². The van der Waals surface area contributed by atoms with E-state index in [0.29, 0.717) is 0 Å². The van der Waals surface area contributed by atoms with Gasteiger partial charge in [-0.1, -0.05) is 125 Å². The van der Waals surface area contributed by atoms with E-state index in [1.165, 1.54) is 11.1 Å². The Morgan fingerprint density at radius 2 is 0.647 bits per heavy atom. The molecular weight excluding hydrogens is 454 g/mol. The van der Waals surface area contributed by atoms with Gasteiger partial charge >= 0.3 is 0 Å². The van der Waals surface area contributed by atoms with Gasteiger partial charge in [0.1, 0.15) is 11.5 Å². The first-order chi connectivity index (χ1) is 14.7. The van der Waals surface area contributed by atoms with Gasteiger partial charge in [0.05, 0.1) is 16.3 Å². The molecule has 0 atom stereocenters. The summed E-state index contributed by atoms with van der Waals surface area (Å²) in [4.78, 5) is 0. The molecule has 0 radical (unpaired) electrons. The summed E-state index contributed by atoms with van der Waals surface area (Å²) in [6, 6.07) is 4.61. The fourth-order valence-corrected chi connectivity index (χ4v) is 10.5. The van der Waals surface area contributed by atoms with E-state index in [9.17, 15) is 0 Å². The van der Waals surface area contributed by atoms with Crippen molar-refractivity contribution < 1.29 is 9.05 Å². The quantitative estimate of drug-likeness (QED) is 0.375. The van der Waals surface area contributed by atoms with E-state index in [4.69, 9.17) is 9.05 Å². The first-order valence-electron chi connectivity index (χ1n) is 12.8. The Hall–Kier alpha value is -0.320. The lowest BCUT2D eigenvalue weighted by Crippen LogP contribution is -2.29. The standard InChI is InChI=1S/C30H56O2P2/c1-25(2,3)21-19-22(26(4,5)6)24(32-34(29(13,14)15)30(16,17)18)20-23(21)31-33(27(7,8)9)28(10,11)12/h19-20H,1-18H3. The molecule has 4 heteroatoms. The third-order valence-corrected chi connectivity index (χ3v) is 11.1. The highest BCUT2D eigenvalue weighted by atomic mass is 31.1. The fraction of sp³-hybridized carbons (Fsp3) is 0.800. The second kappa shape index (κ2) is 9.86. The summed E-state index contributed by atoms with van der Waals surface area (Å²) >= 11 is 0. The Morgan fingerprint density at radius 1 is 0.412 bits per heavy atom. The van der Waals surface area contributed by atoms with Gasteiger partial charge in [-0.15, -0.1) is 0 Å². The van der Waals surface area contributed by atoms with Gasteiger partial charge in [0.15, 0.2) is 0 Å². The molecule has 0 bridgehead atoms. The van der Waals surface area contributed by atoms with E-state index in [-0.39, 0.29) is 31.5 Å². The van der Waals surface area contributed by atoms with Crippen molar-refractivity contribution in [2.75, 3.05) is 0 Å². The monoisotopic (exact) mass is 510 g/mol. The lowest BCUT2D eigenvalue weighted by molar-refractivity contribution is 0.476. The van der Waals surface area contributed by atoms with Gasteiger partial charge in [-0.25, -0.2) is 0 Å². The van der Waals surface area contributed by atoms with Crippen molar-refractivity contribution in [2.24, 2.45) is 0 Å². The van der Waals surface area contributed by atoms with Crippen molar-refractivity contribution >= 4 is 16.3 Å². The third-order valence-electron chi connectivity index (χ3n) is 5.51. The van der Waals surface area contributed by atoms with Crippen LogP contribution in [0.15, 0.2) is 12.1 Å². The van der Waals surface area contributed by atoms with Gasteiger partial charge in [0, 0.05) is 37.8 Å². The predicted molar refractivity (Wildman–Crippen MR) is 158 cm³/mol. The molecule has 34 heavy (non-hydrogen) atoms. The summed E-state index contributed by atoms with van der Waals surface area (Å²) in [5.74, 6) is 1.98. The topological polar surface area (TPSA) is 18.5 Å². The number of benzene rings is 1. The van der Waals surface area contributed by atoms with Crippen molar-refractivity contribution in [3.05, 3.63) is 23.3 Å². The smallest absolute Gasteiger partial charge is 0.130 e. The molecule has 0 aromatic heterocycles. The predicted octanol–water partition coefficient (Wildman–Crippen LogP) is 11.0. The highest BCUT2D eigenvalue weighted by molar-refractivity contribution is 7.56. The molecule has 0 N–H and O–H groups in total. The largest absolute Gasteiger partial charge is 0.473 e. The summed E-state index contributed by atoms with van der Waals surface area (Å²) in [7, 11) is -1.50. The molecule has 2 nitrogen and oxygen atoms in total. The van der Waals surface area contributed by atoms with Gasteiger partial charge < -0.3 is 9.05 Å². The molecule has 0 aliphatic rings. The summed E-state index contributed by atoms with van der Waals surface area (Å²) in [5, 5.41) is 0.261. The Bertz CT molecular complexity index is 734. The van der Waals surface area contributed by atoms with Gasteiger partial charge in [-0.2, -0.15) is 0 Å². The van der Waals surface area contributed by atoms with Crippen LogP contribution in [0.1, 0.15) is 136 Å². The molecular formula is C30H56O2P2. The first-order valence-corrected chi connectivity index (χ1v) is 15.3. The molecule has 0 fully saturated rings. The van der Waals surface area contributed by atoms with Crippen LogP contribution >= 0.6 is 16.3 Å². The maximum absolute atomic E-state index is 7.05. The highest BCUT2D eigenvalue weighted by Gasteiger charge is 2.41. The molecule has 0 aliphatic carbocycles. The van der Waals surface area contributed by atoms with Crippen LogP contribution in [0.5, 0.6) is 11.5 Å². The first kappa shape index (κ1) is 31.7. The summed E-state index contributed by atoms with van der Waals surface area (Å²) in [6.45, 7) is 41.4. The van der Waals surface area contributed by atoms with Gasteiger partial charge in [-0.05, 0) is 16.9 Å². The number of rotatable bonds is 4. The maximum Gasteiger partial charge on any atom is 0.130 e. The molecule has 0 heterocycles. The van der Waals surface area contributed by atoms with Crippen LogP contribution in [0.4, 0.5) is 0 Å². The summed E-state index contributed by atoms with van der Waals surface area (Å²) in [6.07, 6.45) is 0. The van der Waals surface area contributed by atoms with Crippen LogP contribution < -0.4 is 9.05 Å². The Balaban J connectivity index is 3.92. The Labute approximate surface area is 216 Å². The number of hydrogen-bond donors (Lipinski definition) is 0. The Morgan fingerprint density at radius 3 is 0.824 bits per heavy atom. The van der Waals surface area contributed by atoms with Gasteiger partial charge in [0.25, 0.3) is 0 Å². The molecule has 1 aromatic carbocycles. The second-order valence-corrected chi connectivity index (χ2v) is 22.7. The van der Waals surface area contributed by atoms with E-state index in [1.54, 1.807) is 0 Å². The molecule has 198 valence electrons. The summed E-state index contributed by atoms with van der Waals surface area (Å²) in [5.41, 5.74) is 2.45. The van der Waals surface area contributed by atoms with E-state index < -0.39 is 16.3 Å². The zero-order valence-corrected chi connectivity index (χ0v) is 27.7. The lowest BCUT2D eigenvalue weighted by Gasteiger charge is -2.42. The minimum absolute atomic E-state index is 0.0383. The molecule has 0 aliphatic heterocycles. The molecule has 0 unspecified atom stereocenters. The van der Waals surface area contributed by atoms with Crippen LogP contribution in [0, 0.1) is 0 Å². The van der Waals surface area contributed by atoms with Crippen molar-refractivity contribution in [3.63, 3.8) is 0 Å². The summed E-state index contributed by atoms with van der Waals surface area (Å²) < 4.78 is 14.1. The van der Waals surface area contributed by atoms with E-state index in [2.05, 4.69) is 137 Å². The molecule has 1 rings (SSSR count). The van der Waals surface area contributed by atoms with Crippen LogP contribution in [-0.4, -0.2) is 20.6 Å². The fourth-order valence-electron chi connectivity index (χ4n) is 4.64. The lowest BCUT2D eigenvalue weighted by atomic mass is 9.80.